The van der Waals surface area contributed by atoms with Gasteiger partial charge in [-0.3, -0.25) is 0 Å². The second-order valence-corrected chi connectivity index (χ2v) is 10.3. The average molecular weight is 552 g/mol. The molecule has 0 rings (SSSR count). The zero-order valence-corrected chi connectivity index (χ0v) is 17.2. The second-order valence-electron chi connectivity index (χ2n) is 6.69. The summed E-state index contributed by atoms with van der Waals surface area (Å²) in [4.78, 5) is 0. The van der Waals surface area contributed by atoms with Crippen LogP contribution in [0.25, 0.3) is 0 Å². The van der Waals surface area contributed by atoms with E-state index >= 15 is 0 Å². The number of hydrogen-bond acceptors (Lipinski definition) is 2. The molecule has 0 heterocycles. The number of rotatable bonds is 11. The standard InChI is InChI=1S/C13H13F17O2Si/c1-31-33(3,32-2)5-4-6(14,15)7(16,17)8(18,19)9(20,21)10(22,23)11(24,25)12(26,27)13(28,29)30/h4-5H2,1-3H3. The van der Waals surface area contributed by atoms with E-state index in [-0.39, 0.29) is 0 Å². The van der Waals surface area contributed by atoms with Crippen molar-refractivity contribution in [3.8, 4) is 0 Å². The summed E-state index contributed by atoms with van der Waals surface area (Å²) in [6.45, 7) is 0.863. The van der Waals surface area contributed by atoms with Gasteiger partial charge in [0, 0.05) is 20.6 Å². The highest BCUT2D eigenvalue weighted by molar-refractivity contribution is 6.65. The van der Waals surface area contributed by atoms with Crippen molar-refractivity contribution in [3.63, 3.8) is 0 Å². The Morgan fingerprint density at radius 3 is 1.03 bits per heavy atom. The van der Waals surface area contributed by atoms with E-state index in [1.54, 1.807) is 0 Å². The van der Waals surface area contributed by atoms with Crippen LogP contribution in [0.2, 0.25) is 12.6 Å². The maximum Gasteiger partial charge on any atom is 0.460 e. The molecule has 0 N–H and O–H groups in total. The smallest absolute Gasteiger partial charge is 0.398 e. The molecule has 0 aromatic rings. The molecule has 20 heteroatoms. The lowest BCUT2D eigenvalue weighted by Gasteiger charge is -2.43. The van der Waals surface area contributed by atoms with Crippen molar-refractivity contribution in [2.45, 2.75) is 66.6 Å². The van der Waals surface area contributed by atoms with Gasteiger partial charge in [0.25, 0.3) is 0 Å². The van der Waals surface area contributed by atoms with Gasteiger partial charge in [-0.05, 0) is 12.6 Å². The van der Waals surface area contributed by atoms with Crippen LogP contribution in [0.5, 0.6) is 0 Å². The molecule has 0 saturated heterocycles. The number of halogens is 17. The zero-order valence-electron chi connectivity index (χ0n) is 16.2. The van der Waals surface area contributed by atoms with Crippen molar-refractivity contribution >= 4 is 8.56 Å². The monoisotopic (exact) mass is 552 g/mol. The van der Waals surface area contributed by atoms with Gasteiger partial charge in [0.15, 0.2) is 0 Å². The van der Waals surface area contributed by atoms with Crippen molar-refractivity contribution in [2.24, 2.45) is 0 Å². The zero-order chi connectivity index (χ0) is 27.3. The summed E-state index contributed by atoms with van der Waals surface area (Å²) in [6, 6.07) is -1.40. The van der Waals surface area contributed by atoms with Crippen LogP contribution >= 0.6 is 0 Å². The van der Waals surface area contributed by atoms with Crippen LogP contribution in [0.1, 0.15) is 6.42 Å². The second kappa shape index (κ2) is 8.56. The first-order valence-corrected chi connectivity index (χ1v) is 10.4. The van der Waals surface area contributed by atoms with Gasteiger partial charge in [-0.1, -0.05) is 0 Å². The molecule has 0 bridgehead atoms. The maximum atomic E-state index is 13.7. The molecule has 33 heavy (non-hydrogen) atoms. The highest BCUT2D eigenvalue weighted by Crippen LogP contribution is 2.64. The van der Waals surface area contributed by atoms with Gasteiger partial charge >= 0.3 is 56.2 Å². The Morgan fingerprint density at radius 1 is 0.485 bits per heavy atom. The van der Waals surface area contributed by atoms with E-state index in [0.717, 1.165) is 20.8 Å². The molecule has 0 unspecified atom stereocenters. The molecule has 0 aromatic heterocycles. The van der Waals surface area contributed by atoms with Crippen LogP contribution in [0, 0.1) is 0 Å². The minimum Gasteiger partial charge on any atom is -0.398 e. The summed E-state index contributed by atoms with van der Waals surface area (Å²) in [5.74, 6) is -56.2. The van der Waals surface area contributed by atoms with Gasteiger partial charge in [-0.2, -0.15) is 74.6 Å². The molecule has 0 amide bonds. The molecule has 0 aromatic carbocycles. The summed E-state index contributed by atoms with van der Waals surface area (Å²) in [5.41, 5.74) is 0. The molecular formula is C13H13F17O2Si. The first-order valence-electron chi connectivity index (χ1n) is 7.89. The third-order valence-corrected chi connectivity index (χ3v) is 7.43. The predicted molar refractivity (Wildman–Crippen MR) is 75.7 cm³/mol. The van der Waals surface area contributed by atoms with Crippen molar-refractivity contribution in [1.29, 1.82) is 0 Å². The van der Waals surface area contributed by atoms with Crippen LogP contribution < -0.4 is 0 Å². The lowest BCUT2D eigenvalue weighted by Crippen LogP contribution is -2.74. The van der Waals surface area contributed by atoms with Gasteiger partial charge in [0.2, 0.25) is 0 Å². The van der Waals surface area contributed by atoms with E-state index in [9.17, 15) is 74.6 Å². The molecule has 200 valence electrons. The Hall–Kier alpha value is -1.05. The molecule has 0 aliphatic rings. The molecule has 0 spiro atoms. The van der Waals surface area contributed by atoms with Gasteiger partial charge in [-0.15, -0.1) is 0 Å². The molecule has 0 aliphatic heterocycles. The Balaban J connectivity index is 6.53. The first kappa shape index (κ1) is 31.9. The van der Waals surface area contributed by atoms with Crippen LogP contribution in [0.3, 0.4) is 0 Å². The van der Waals surface area contributed by atoms with E-state index < -0.39 is 68.7 Å². The SMILES string of the molecule is CO[Si](C)(CCC(F)(F)C(F)(F)C(F)(F)C(F)(F)C(F)(F)C(F)(F)C(F)(F)C(F)(F)F)OC. The first-order chi connectivity index (χ1) is 14.1. The topological polar surface area (TPSA) is 18.5 Å². The highest BCUT2D eigenvalue weighted by Gasteiger charge is 2.95. The Labute approximate surface area is 174 Å². The molecule has 2 nitrogen and oxygen atoms in total. The minimum atomic E-state index is -8.62. The Kier molecular flexibility index (Phi) is 8.29. The summed E-state index contributed by atoms with van der Waals surface area (Å²) >= 11 is 0. The van der Waals surface area contributed by atoms with E-state index in [2.05, 4.69) is 8.85 Å². The Morgan fingerprint density at radius 2 is 0.758 bits per heavy atom. The number of hydrogen-bond donors (Lipinski definition) is 0. The molecular weight excluding hydrogens is 539 g/mol. The molecule has 0 saturated carbocycles. The fraction of sp³-hybridized carbons (Fsp3) is 1.00. The maximum absolute atomic E-state index is 13.7. The summed E-state index contributed by atoms with van der Waals surface area (Å²) < 4.78 is 232. The predicted octanol–water partition coefficient (Wildman–Crippen LogP) is 6.75. The van der Waals surface area contributed by atoms with Crippen LogP contribution in [0.4, 0.5) is 74.6 Å². The third kappa shape index (κ3) is 4.62. The quantitative estimate of drug-likeness (QED) is 0.209. The largest absolute Gasteiger partial charge is 0.460 e. The van der Waals surface area contributed by atoms with E-state index in [1.165, 1.54) is 0 Å². The van der Waals surface area contributed by atoms with Gasteiger partial charge in [-0.25, -0.2) is 0 Å². The average Bonchev–Trinajstić information content (AvgIpc) is 2.64. The normalized spacial score (nSPS) is 16.4. The van der Waals surface area contributed by atoms with Crippen LogP contribution in [-0.4, -0.2) is 70.4 Å². The Bertz CT molecular complexity index is 683. The van der Waals surface area contributed by atoms with E-state index in [1.807, 2.05) is 0 Å². The van der Waals surface area contributed by atoms with Crippen LogP contribution in [0.15, 0.2) is 0 Å². The third-order valence-electron chi connectivity index (χ3n) is 4.54. The van der Waals surface area contributed by atoms with Gasteiger partial charge in [0.1, 0.15) is 0 Å². The van der Waals surface area contributed by atoms with Crippen LogP contribution in [-0.2, 0) is 8.85 Å². The fourth-order valence-corrected chi connectivity index (χ4v) is 3.37. The highest BCUT2D eigenvalue weighted by atomic mass is 28.4. The van der Waals surface area contributed by atoms with Gasteiger partial charge < -0.3 is 8.85 Å². The van der Waals surface area contributed by atoms with E-state index in [0.29, 0.717) is 0 Å². The van der Waals surface area contributed by atoms with Crippen molar-refractivity contribution in [1.82, 2.24) is 0 Å². The molecule has 0 radical (unpaired) electrons. The molecule has 0 fully saturated rings. The lowest BCUT2D eigenvalue weighted by molar-refractivity contribution is -0.461. The lowest BCUT2D eigenvalue weighted by atomic mass is 9.88. The number of alkyl halides is 17. The van der Waals surface area contributed by atoms with Crippen molar-refractivity contribution < 1.29 is 83.5 Å². The minimum absolute atomic E-state index is 0.762. The van der Waals surface area contributed by atoms with E-state index in [4.69, 9.17) is 0 Å². The fourth-order valence-electron chi connectivity index (χ4n) is 2.02. The molecule has 0 aliphatic carbocycles. The summed E-state index contributed by atoms with van der Waals surface area (Å²) in [6.07, 6.45) is -10.3. The van der Waals surface area contributed by atoms with Crippen molar-refractivity contribution in [3.05, 3.63) is 0 Å². The van der Waals surface area contributed by atoms with Crippen molar-refractivity contribution in [2.75, 3.05) is 14.2 Å². The summed E-state index contributed by atoms with van der Waals surface area (Å²) in [7, 11) is -2.32. The molecule has 0 atom stereocenters. The summed E-state index contributed by atoms with van der Waals surface area (Å²) in [5, 5.41) is 0. The van der Waals surface area contributed by atoms with Gasteiger partial charge in [0.05, 0.1) is 0 Å².